The van der Waals surface area contributed by atoms with Gasteiger partial charge in [0.15, 0.2) is 5.82 Å². The van der Waals surface area contributed by atoms with Gasteiger partial charge in [0.05, 0.1) is 24.2 Å². The number of nitrogens with one attached hydrogen (secondary N) is 1. The van der Waals surface area contributed by atoms with E-state index < -0.39 is 12.2 Å². The number of anilines is 1. The first-order valence-electron chi connectivity index (χ1n) is 13.9. The second kappa shape index (κ2) is 11.4. The molecule has 2 saturated carbocycles. The summed E-state index contributed by atoms with van der Waals surface area (Å²) in [6.45, 7) is 2.15. The first-order valence-corrected chi connectivity index (χ1v) is 13.9. The first kappa shape index (κ1) is 26.5. The van der Waals surface area contributed by atoms with Crippen LogP contribution in [0.3, 0.4) is 0 Å². The van der Waals surface area contributed by atoms with Gasteiger partial charge in [0.1, 0.15) is 17.7 Å². The highest BCUT2D eigenvalue weighted by Crippen LogP contribution is 2.31. The number of Topliss-reactive ketones (excluding diaryl/α,β-unsaturated/α-hetero) is 1. The van der Waals surface area contributed by atoms with Crippen LogP contribution in [0.25, 0.3) is 16.9 Å². The number of fused-ring (bicyclic) bond motifs is 1. The fourth-order valence-electron chi connectivity index (χ4n) is 5.83. The fourth-order valence-corrected chi connectivity index (χ4v) is 5.83. The Morgan fingerprint density at radius 3 is 2.73 bits per heavy atom. The monoisotopic (exact) mass is 554 g/mol. The maximum atomic E-state index is 14.1. The van der Waals surface area contributed by atoms with Crippen LogP contribution in [0.4, 0.5) is 14.7 Å². The summed E-state index contributed by atoms with van der Waals surface area (Å²) in [4.78, 5) is 39.9. The highest BCUT2D eigenvalue weighted by molar-refractivity contribution is 5.88. The predicted octanol–water partition coefficient (Wildman–Crippen LogP) is 3.77. The van der Waals surface area contributed by atoms with Crippen LogP contribution in [0.1, 0.15) is 57.2 Å². The maximum absolute atomic E-state index is 14.1. The smallest absolute Gasteiger partial charge is 0.296 e. The molecular weight excluding hydrogens is 522 g/mol. The minimum Gasteiger partial charge on any atom is -0.474 e. The highest BCUT2D eigenvalue weighted by Gasteiger charge is 2.32. The number of morpholine rings is 1. The number of nitrogens with zero attached hydrogens (tertiary/aromatic N) is 5. The van der Waals surface area contributed by atoms with E-state index in [0.29, 0.717) is 69.0 Å². The molecule has 6 rings (SSSR count). The third-order valence-electron chi connectivity index (χ3n) is 7.85. The van der Waals surface area contributed by atoms with Crippen molar-refractivity contribution in [2.24, 2.45) is 5.92 Å². The second-order valence-corrected chi connectivity index (χ2v) is 10.6. The predicted molar refractivity (Wildman–Crippen MR) is 142 cm³/mol. The Morgan fingerprint density at radius 2 is 1.93 bits per heavy atom. The summed E-state index contributed by atoms with van der Waals surface area (Å²) in [5.41, 5.74) is 0.959. The molecule has 1 amide bonds. The van der Waals surface area contributed by atoms with Crippen LogP contribution in [0.5, 0.6) is 5.88 Å². The molecule has 3 aliphatic rings. The summed E-state index contributed by atoms with van der Waals surface area (Å²) in [7, 11) is 0. The van der Waals surface area contributed by atoms with Gasteiger partial charge in [-0.25, -0.2) is 13.8 Å². The Hall–Kier alpha value is -3.67. The molecule has 1 saturated heterocycles. The maximum Gasteiger partial charge on any atom is 0.296 e. The van der Waals surface area contributed by atoms with Crippen LogP contribution < -0.4 is 15.0 Å². The Morgan fingerprint density at radius 1 is 1.10 bits per heavy atom. The van der Waals surface area contributed by atoms with E-state index in [-0.39, 0.29) is 41.5 Å². The van der Waals surface area contributed by atoms with Crippen molar-refractivity contribution in [1.82, 2.24) is 24.8 Å². The number of aromatic nitrogens is 4. The second-order valence-electron chi connectivity index (χ2n) is 10.6. The number of carbonyl (C=O) groups excluding carboxylic acids is 2. The number of hydrogen-bond acceptors (Lipinski definition) is 8. The van der Waals surface area contributed by atoms with Gasteiger partial charge < -0.3 is 19.7 Å². The molecule has 1 N–H and O–H groups in total. The Bertz CT molecular complexity index is 1390. The van der Waals surface area contributed by atoms with Crippen molar-refractivity contribution in [3.8, 4) is 11.7 Å². The topological polar surface area (TPSA) is 111 Å². The zero-order valence-corrected chi connectivity index (χ0v) is 22.1. The van der Waals surface area contributed by atoms with Crippen molar-refractivity contribution in [1.29, 1.82) is 0 Å². The van der Waals surface area contributed by atoms with Crippen molar-refractivity contribution < 1.29 is 27.8 Å². The lowest BCUT2D eigenvalue weighted by molar-refractivity contribution is -0.132. The molecule has 2 aromatic heterocycles. The molecule has 0 radical (unpaired) electrons. The lowest BCUT2D eigenvalue weighted by Crippen LogP contribution is -2.39. The summed E-state index contributed by atoms with van der Waals surface area (Å²) >= 11 is 0. The third-order valence-corrected chi connectivity index (χ3v) is 7.85. The largest absolute Gasteiger partial charge is 0.474 e. The minimum absolute atomic E-state index is 0.0578. The van der Waals surface area contributed by atoms with Crippen LogP contribution in [-0.4, -0.2) is 69.7 Å². The summed E-state index contributed by atoms with van der Waals surface area (Å²) < 4.78 is 41.3. The molecule has 3 heterocycles. The number of amides is 1. The van der Waals surface area contributed by atoms with Crippen LogP contribution in [0.15, 0.2) is 30.3 Å². The average Bonchev–Trinajstić information content (AvgIpc) is 3.57. The molecule has 1 unspecified atom stereocenters. The third kappa shape index (κ3) is 5.63. The Balaban J connectivity index is 1.25. The number of alkyl halides is 2. The summed E-state index contributed by atoms with van der Waals surface area (Å²) in [5.74, 6) is 0.331. The number of imidazole rings is 1. The number of ether oxygens (including phenoxy) is 2. The van der Waals surface area contributed by atoms with Crippen molar-refractivity contribution in [2.75, 3.05) is 31.2 Å². The number of halogens is 2. The number of benzene rings is 1. The summed E-state index contributed by atoms with van der Waals surface area (Å²) in [6.07, 6.45) is 1.39. The van der Waals surface area contributed by atoms with E-state index >= 15 is 0 Å². The van der Waals surface area contributed by atoms with E-state index in [1.807, 2.05) is 4.90 Å². The van der Waals surface area contributed by atoms with E-state index in [1.165, 1.54) is 4.57 Å². The van der Waals surface area contributed by atoms with Crippen LogP contribution >= 0.6 is 0 Å². The molecule has 3 fully saturated rings. The number of para-hydroxylation sites is 2. The molecule has 40 heavy (non-hydrogen) atoms. The van der Waals surface area contributed by atoms with Crippen molar-refractivity contribution in [3.05, 3.63) is 36.2 Å². The van der Waals surface area contributed by atoms with Crippen LogP contribution in [0.2, 0.25) is 0 Å². The molecule has 0 bridgehead atoms. The molecule has 1 aromatic carbocycles. The fraction of sp³-hybridized carbons (Fsp3) is 0.536. The van der Waals surface area contributed by atoms with Crippen molar-refractivity contribution in [2.45, 2.75) is 63.5 Å². The van der Waals surface area contributed by atoms with E-state index in [4.69, 9.17) is 9.47 Å². The Labute approximate surface area is 230 Å². The van der Waals surface area contributed by atoms with Gasteiger partial charge in [0, 0.05) is 50.4 Å². The van der Waals surface area contributed by atoms with Crippen LogP contribution in [0, 0.1) is 5.92 Å². The first-order chi connectivity index (χ1) is 19.4. The normalized spacial score (nSPS) is 23.6. The lowest BCUT2D eigenvalue weighted by atomic mass is 9.87. The quantitative estimate of drug-likeness (QED) is 0.470. The van der Waals surface area contributed by atoms with E-state index in [1.54, 1.807) is 30.3 Å². The van der Waals surface area contributed by atoms with E-state index in [9.17, 15) is 18.4 Å². The molecule has 212 valence electrons. The molecule has 3 aromatic rings. The molecule has 12 heteroatoms. The minimum atomic E-state index is -2.81. The van der Waals surface area contributed by atoms with Gasteiger partial charge in [0.25, 0.3) is 6.43 Å². The van der Waals surface area contributed by atoms with Gasteiger partial charge >= 0.3 is 0 Å². The molecule has 1 aliphatic heterocycles. The standard InChI is InChI=1S/C28H32F2N6O4/c29-25(30)26-32-21-6-1-2-7-22(21)36(26)23-16-24(34-28(33-23)35-10-12-39-13-11-35)40-20-9-8-18(15-20)31-27(38)17-4-3-5-19(37)14-17/h1-2,6-7,16-18,20,25H,3-5,8-15H2,(H,31,38)/t17?,18-,20-/m0/s1. The Kier molecular flexibility index (Phi) is 7.59. The lowest BCUT2D eigenvalue weighted by Gasteiger charge is -2.27. The molecule has 2 aliphatic carbocycles. The summed E-state index contributed by atoms with van der Waals surface area (Å²) in [5, 5.41) is 3.10. The molecule has 0 spiro atoms. The number of ketones is 1. The van der Waals surface area contributed by atoms with Gasteiger partial charge in [0.2, 0.25) is 17.7 Å². The zero-order chi connectivity index (χ0) is 27.6. The average molecular weight is 555 g/mol. The number of hydrogen-bond donors (Lipinski definition) is 1. The van der Waals surface area contributed by atoms with Crippen molar-refractivity contribution in [3.63, 3.8) is 0 Å². The zero-order valence-electron chi connectivity index (χ0n) is 22.1. The highest BCUT2D eigenvalue weighted by atomic mass is 19.3. The van der Waals surface area contributed by atoms with Gasteiger partial charge in [-0.3, -0.25) is 14.2 Å². The summed E-state index contributed by atoms with van der Waals surface area (Å²) in [6, 6.07) is 8.46. The molecular formula is C28H32F2N6O4. The number of carbonyl (C=O) groups is 2. The van der Waals surface area contributed by atoms with Crippen molar-refractivity contribution >= 4 is 28.7 Å². The van der Waals surface area contributed by atoms with Gasteiger partial charge in [-0.15, -0.1) is 0 Å². The SMILES string of the molecule is O=C1CCCC(C(=O)N[C@H]2CC[C@H](Oc3cc(-n4c(C(F)F)nc5ccccc54)nc(N4CCOCC4)n3)C2)C1. The molecule has 10 nitrogen and oxygen atoms in total. The van der Waals surface area contributed by atoms with E-state index in [2.05, 4.69) is 20.3 Å². The van der Waals surface area contributed by atoms with Gasteiger partial charge in [-0.2, -0.15) is 9.97 Å². The van der Waals surface area contributed by atoms with E-state index in [0.717, 1.165) is 19.3 Å². The molecule has 3 atom stereocenters. The van der Waals surface area contributed by atoms with Crippen LogP contribution in [-0.2, 0) is 14.3 Å². The number of rotatable bonds is 7. The van der Waals surface area contributed by atoms with Gasteiger partial charge in [-0.1, -0.05) is 12.1 Å². The van der Waals surface area contributed by atoms with Gasteiger partial charge in [-0.05, 0) is 37.8 Å².